The Morgan fingerprint density at radius 1 is 1.14 bits per heavy atom. The molecule has 0 N–H and O–H groups in total. The second-order valence-electron chi connectivity index (χ2n) is 9.38. The largest absolute Gasteiger partial charge is 0.466 e. The first-order chi connectivity index (χ1) is 17.9. The lowest BCUT2D eigenvalue weighted by Gasteiger charge is -2.34. The summed E-state index contributed by atoms with van der Waals surface area (Å²) in [6, 6.07) is 7.90. The van der Waals surface area contributed by atoms with Gasteiger partial charge in [-0.3, -0.25) is 19.3 Å². The van der Waals surface area contributed by atoms with E-state index in [9.17, 15) is 14.4 Å². The van der Waals surface area contributed by atoms with Gasteiger partial charge in [0, 0.05) is 31.6 Å². The van der Waals surface area contributed by atoms with Crippen molar-refractivity contribution >= 4 is 62.8 Å². The zero-order chi connectivity index (χ0) is 26.5. The highest BCUT2D eigenvalue weighted by molar-refractivity contribution is 8.26. The number of ether oxygens (including phenoxy) is 1. The van der Waals surface area contributed by atoms with Crippen LogP contribution in [0.1, 0.15) is 58.4 Å². The maximum Gasteiger partial charge on any atom is 0.309 e. The third-order valence-corrected chi connectivity index (χ3v) is 8.44. The number of aromatic nitrogens is 1. The lowest BCUT2D eigenvalue weighted by molar-refractivity contribution is -0.148. The van der Waals surface area contributed by atoms with Gasteiger partial charge in [0.15, 0.2) is 0 Å². The number of fused-ring (bicyclic) bond motifs is 1. The van der Waals surface area contributed by atoms with Crippen LogP contribution in [0, 0.1) is 5.92 Å². The van der Waals surface area contributed by atoms with Crippen LogP contribution in [0.3, 0.4) is 0 Å². The van der Waals surface area contributed by atoms with E-state index >= 15 is 0 Å². The fourth-order valence-electron chi connectivity index (χ4n) is 5.14. The number of carbonyl (C=O) groups excluding carboxylic acids is 2. The molecular formula is C28H35N3O4S2. The van der Waals surface area contributed by atoms with Gasteiger partial charge in [0.25, 0.3) is 11.5 Å². The maximum absolute atomic E-state index is 13.9. The predicted octanol–water partition coefficient (Wildman–Crippen LogP) is 5.19. The summed E-state index contributed by atoms with van der Waals surface area (Å²) in [5.74, 6) is -0.421. The van der Waals surface area contributed by atoms with Crippen molar-refractivity contribution in [2.45, 2.75) is 59.4 Å². The van der Waals surface area contributed by atoms with Gasteiger partial charge in [0.2, 0.25) is 0 Å². The van der Waals surface area contributed by atoms with E-state index < -0.39 is 0 Å². The van der Waals surface area contributed by atoms with E-state index in [2.05, 4.69) is 11.8 Å². The van der Waals surface area contributed by atoms with E-state index in [1.807, 2.05) is 38.1 Å². The lowest BCUT2D eigenvalue weighted by atomic mass is 9.95. The second-order valence-corrected chi connectivity index (χ2v) is 11.1. The number of pyridine rings is 1. The molecule has 37 heavy (non-hydrogen) atoms. The van der Waals surface area contributed by atoms with Crippen molar-refractivity contribution in [3.8, 4) is 0 Å². The predicted molar refractivity (Wildman–Crippen MR) is 155 cm³/mol. The fraction of sp³-hybridized carbons (Fsp3) is 0.500. The number of hydrogen-bond acceptors (Lipinski definition) is 7. The van der Waals surface area contributed by atoms with Gasteiger partial charge >= 0.3 is 5.97 Å². The minimum Gasteiger partial charge on any atom is -0.466 e. The maximum atomic E-state index is 13.9. The van der Waals surface area contributed by atoms with Crippen LogP contribution in [-0.4, -0.2) is 51.9 Å². The number of aryl methyl sites for hydroxylation is 1. The number of nitrogens with zero attached hydrogens (tertiary/aromatic N) is 3. The molecule has 2 fully saturated rings. The number of thiocarbonyl (C=S) groups is 1. The van der Waals surface area contributed by atoms with E-state index in [0.717, 1.165) is 35.9 Å². The first-order valence-corrected chi connectivity index (χ1v) is 14.5. The molecule has 2 saturated heterocycles. The molecule has 0 radical (unpaired) electrons. The number of esters is 1. The summed E-state index contributed by atoms with van der Waals surface area (Å²) in [4.78, 5) is 43.8. The van der Waals surface area contributed by atoms with Crippen molar-refractivity contribution in [2.24, 2.45) is 5.92 Å². The first kappa shape index (κ1) is 27.4. The Balaban J connectivity index is 1.77. The molecule has 0 aliphatic carbocycles. The van der Waals surface area contributed by atoms with Crippen LogP contribution < -0.4 is 10.5 Å². The number of unbranched alkanes of at least 4 members (excludes halogenated alkanes) is 2. The molecule has 0 atom stereocenters. The molecule has 0 saturated carbocycles. The average molecular weight is 542 g/mol. The van der Waals surface area contributed by atoms with E-state index in [0.29, 0.717) is 60.4 Å². The number of para-hydroxylation sites is 1. The molecule has 1 amide bonds. The van der Waals surface area contributed by atoms with Gasteiger partial charge in [-0.2, -0.15) is 0 Å². The highest BCUT2D eigenvalue weighted by atomic mass is 32.2. The minimum absolute atomic E-state index is 0.125. The molecule has 1 aromatic carbocycles. The SMILES string of the molecule is CCCCCN1C(=O)C(=Cc2c(N3CCC(C(=O)OCC)CC3)c3ccccc3n(CC)c2=O)SC1=S. The van der Waals surface area contributed by atoms with Gasteiger partial charge < -0.3 is 14.2 Å². The van der Waals surface area contributed by atoms with Crippen LogP contribution in [0.5, 0.6) is 0 Å². The first-order valence-electron chi connectivity index (χ1n) is 13.2. The Morgan fingerprint density at radius 2 is 1.86 bits per heavy atom. The normalized spacial score (nSPS) is 17.9. The van der Waals surface area contributed by atoms with Crippen molar-refractivity contribution in [3.63, 3.8) is 0 Å². The quantitative estimate of drug-likeness (QED) is 0.187. The van der Waals surface area contributed by atoms with Crippen molar-refractivity contribution in [1.29, 1.82) is 0 Å². The highest BCUT2D eigenvalue weighted by Crippen LogP contribution is 2.37. The Morgan fingerprint density at radius 3 is 2.54 bits per heavy atom. The molecule has 0 unspecified atom stereocenters. The van der Waals surface area contributed by atoms with Gasteiger partial charge in [-0.05, 0) is 45.3 Å². The molecule has 3 heterocycles. The summed E-state index contributed by atoms with van der Waals surface area (Å²) in [6.07, 6.45) is 6.05. The van der Waals surface area contributed by atoms with Crippen LogP contribution in [0.15, 0.2) is 34.0 Å². The molecule has 198 valence electrons. The van der Waals surface area contributed by atoms with Gasteiger partial charge in [-0.1, -0.05) is 61.9 Å². The highest BCUT2D eigenvalue weighted by Gasteiger charge is 2.33. The Kier molecular flexibility index (Phi) is 9.08. The smallest absolute Gasteiger partial charge is 0.309 e. The zero-order valence-electron chi connectivity index (χ0n) is 21.8. The number of amides is 1. The molecule has 2 aliphatic rings. The Hall–Kier alpha value is -2.65. The van der Waals surface area contributed by atoms with Crippen LogP contribution >= 0.6 is 24.0 Å². The third kappa shape index (κ3) is 5.62. The topological polar surface area (TPSA) is 71.9 Å². The molecule has 7 nitrogen and oxygen atoms in total. The standard InChI is InChI=1S/C28H35N3O4S2/c1-4-7-10-15-31-26(33)23(37-28(31)36)18-21-24(29-16-13-19(14-17-29)27(34)35-6-3)20-11-8-9-12-22(20)30(5-2)25(21)32/h8-9,11-12,18-19H,4-7,10,13-17H2,1-3H3. The molecule has 0 bridgehead atoms. The summed E-state index contributed by atoms with van der Waals surface area (Å²) < 4.78 is 7.55. The summed E-state index contributed by atoms with van der Waals surface area (Å²) in [6.45, 7) is 8.64. The van der Waals surface area contributed by atoms with Crippen molar-refractivity contribution < 1.29 is 14.3 Å². The third-order valence-electron chi connectivity index (χ3n) is 7.06. The molecule has 1 aromatic heterocycles. The fourth-order valence-corrected chi connectivity index (χ4v) is 6.43. The van der Waals surface area contributed by atoms with E-state index in [1.165, 1.54) is 11.8 Å². The average Bonchev–Trinajstić information content (AvgIpc) is 3.17. The van der Waals surface area contributed by atoms with Crippen molar-refractivity contribution in [2.75, 3.05) is 31.1 Å². The second kappa shape index (κ2) is 12.3. The zero-order valence-corrected chi connectivity index (χ0v) is 23.5. The summed E-state index contributed by atoms with van der Waals surface area (Å²) >= 11 is 6.79. The van der Waals surface area contributed by atoms with E-state index in [4.69, 9.17) is 17.0 Å². The van der Waals surface area contributed by atoms with Crippen molar-refractivity contribution in [1.82, 2.24) is 9.47 Å². The number of benzene rings is 1. The monoisotopic (exact) mass is 541 g/mol. The van der Waals surface area contributed by atoms with Crippen LogP contribution in [0.25, 0.3) is 17.0 Å². The van der Waals surface area contributed by atoms with Gasteiger partial charge in [0.1, 0.15) is 4.32 Å². The number of hydrogen-bond donors (Lipinski definition) is 0. The number of rotatable bonds is 9. The molecule has 4 rings (SSSR count). The number of carbonyl (C=O) groups is 2. The van der Waals surface area contributed by atoms with Crippen molar-refractivity contribution in [3.05, 3.63) is 45.1 Å². The summed E-state index contributed by atoms with van der Waals surface area (Å²) in [5, 5.41) is 0.961. The number of anilines is 1. The van der Waals surface area contributed by atoms with Crippen LogP contribution in [0.2, 0.25) is 0 Å². The molecule has 9 heteroatoms. The minimum atomic E-state index is -0.152. The lowest BCUT2D eigenvalue weighted by Crippen LogP contribution is -2.39. The number of thioether (sulfide) groups is 1. The Bertz CT molecular complexity index is 1280. The molecule has 2 aromatic rings. The van der Waals surface area contributed by atoms with Gasteiger partial charge in [0.05, 0.1) is 34.2 Å². The van der Waals surface area contributed by atoms with Crippen LogP contribution in [-0.2, 0) is 20.9 Å². The molecular weight excluding hydrogens is 506 g/mol. The van der Waals surface area contributed by atoms with Gasteiger partial charge in [-0.25, -0.2) is 0 Å². The Labute approximate surface area is 227 Å². The van der Waals surface area contributed by atoms with E-state index in [-0.39, 0.29) is 23.4 Å². The summed E-state index contributed by atoms with van der Waals surface area (Å²) in [7, 11) is 0. The number of piperidine rings is 1. The molecule has 2 aliphatic heterocycles. The van der Waals surface area contributed by atoms with Crippen LogP contribution in [0.4, 0.5) is 5.69 Å². The van der Waals surface area contributed by atoms with Gasteiger partial charge in [-0.15, -0.1) is 0 Å². The summed E-state index contributed by atoms with van der Waals surface area (Å²) in [5.41, 5.74) is 2.06. The van der Waals surface area contributed by atoms with E-state index in [1.54, 1.807) is 15.5 Å². The molecule has 0 spiro atoms.